The fourth-order valence-corrected chi connectivity index (χ4v) is 1.16. The van der Waals surface area contributed by atoms with Gasteiger partial charge in [0.05, 0.1) is 0 Å². The van der Waals surface area contributed by atoms with Crippen LogP contribution in [0.4, 0.5) is 4.79 Å². The van der Waals surface area contributed by atoms with E-state index in [1.165, 1.54) is 17.7 Å². The van der Waals surface area contributed by atoms with Crippen LogP contribution >= 0.6 is 21.6 Å². The monoisotopic (exact) mass is 165 g/mol. The summed E-state index contributed by atoms with van der Waals surface area (Å²) in [5.74, 6) is -0.318. The highest BCUT2D eigenvalue weighted by Gasteiger charge is 2.00. The Morgan fingerprint density at radius 1 is 1.44 bits per heavy atom. The predicted octanol–water partition coefficient (Wildman–Crippen LogP) is 1.25. The van der Waals surface area contributed by atoms with Crippen molar-refractivity contribution in [3.8, 4) is 0 Å². The van der Waals surface area contributed by atoms with E-state index in [0.717, 1.165) is 10.8 Å². The van der Waals surface area contributed by atoms with E-state index >= 15 is 0 Å². The number of hydrogen-bond donors (Lipinski definition) is 1. The maximum absolute atomic E-state index is 10.5. The van der Waals surface area contributed by atoms with E-state index in [1.54, 1.807) is 6.26 Å². The van der Waals surface area contributed by atoms with Crippen LogP contribution in [-0.4, -0.2) is 17.4 Å². The molecular weight excluding hydrogens is 158 g/mol. The van der Waals surface area contributed by atoms with Gasteiger partial charge in [-0.1, -0.05) is 10.8 Å². The fourth-order valence-electron chi connectivity index (χ4n) is 0.240. The Balaban J connectivity index is 3.39. The van der Waals surface area contributed by atoms with Crippen LogP contribution in [0.25, 0.3) is 0 Å². The van der Waals surface area contributed by atoms with Crippen molar-refractivity contribution in [3.05, 3.63) is 0 Å². The second-order valence-electron chi connectivity index (χ2n) is 1.22. The molecule has 0 heterocycles. The zero-order valence-electron chi connectivity index (χ0n) is 5.13. The Kier molecular flexibility index (Phi) is 4.61. The Labute approximate surface area is 61.4 Å². The standard InChI is InChI=1S/C4H7NO2S2/c1-3(6)5-4(7)9-8-2/h1-2H3,(H,5,6,7). The van der Waals surface area contributed by atoms with E-state index in [9.17, 15) is 9.59 Å². The molecule has 5 heteroatoms. The average Bonchev–Trinajstić information content (AvgIpc) is 1.63. The molecule has 52 valence electrons. The van der Waals surface area contributed by atoms with Crippen molar-refractivity contribution in [2.75, 3.05) is 6.26 Å². The molecule has 0 rings (SSSR count). The van der Waals surface area contributed by atoms with Gasteiger partial charge in [0.25, 0.3) is 5.24 Å². The largest absolute Gasteiger partial charge is 0.296 e. The number of carbonyl (C=O) groups excluding carboxylic acids is 2. The smallest absolute Gasteiger partial charge is 0.287 e. The highest BCUT2D eigenvalue weighted by atomic mass is 33.1. The van der Waals surface area contributed by atoms with Crippen LogP contribution in [-0.2, 0) is 4.79 Å². The van der Waals surface area contributed by atoms with Crippen LogP contribution in [0, 0.1) is 0 Å². The minimum atomic E-state index is -0.318. The molecule has 0 saturated heterocycles. The molecule has 0 aromatic rings. The average molecular weight is 165 g/mol. The van der Waals surface area contributed by atoms with Gasteiger partial charge in [-0.2, -0.15) is 0 Å². The molecule has 0 aliphatic rings. The van der Waals surface area contributed by atoms with Gasteiger partial charge in [0, 0.05) is 17.7 Å². The van der Waals surface area contributed by atoms with E-state index in [-0.39, 0.29) is 11.1 Å². The molecule has 0 saturated carbocycles. The third kappa shape index (κ3) is 5.72. The molecule has 0 bridgehead atoms. The summed E-state index contributed by atoms with van der Waals surface area (Å²) in [4.78, 5) is 20.6. The van der Waals surface area contributed by atoms with Crippen LogP contribution in [0.15, 0.2) is 0 Å². The van der Waals surface area contributed by atoms with Gasteiger partial charge in [0.1, 0.15) is 0 Å². The minimum Gasteiger partial charge on any atom is -0.287 e. The van der Waals surface area contributed by atoms with Crippen LogP contribution < -0.4 is 5.32 Å². The summed E-state index contributed by atoms with van der Waals surface area (Å²) in [5, 5.41) is 1.80. The first-order valence-corrected chi connectivity index (χ1v) is 4.75. The molecule has 0 fully saturated rings. The molecule has 3 nitrogen and oxygen atoms in total. The second-order valence-corrected chi connectivity index (χ2v) is 3.59. The van der Waals surface area contributed by atoms with E-state index in [2.05, 4.69) is 5.32 Å². The third-order valence-corrected chi connectivity index (χ3v) is 1.81. The zero-order valence-corrected chi connectivity index (χ0v) is 6.77. The Bertz CT molecular complexity index is 126. The van der Waals surface area contributed by atoms with E-state index in [1.807, 2.05) is 0 Å². The van der Waals surface area contributed by atoms with Crippen LogP contribution in [0.3, 0.4) is 0 Å². The summed E-state index contributed by atoms with van der Waals surface area (Å²) in [6.45, 7) is 1.30. The molecule has 0 aliphatic carbocycles. The van der Waals surface area contributed by atoms with Crippen molar-refractivity contribution in [2.24, 2.45) is 0 Å². The lowest BCUT2D eigenvalue weighted by Crippen LogP contribution is -2.22. The summed E-state index contributed by atoms with van der Waals surface area (Å²) in [6, 6.07) is 0. The first-order valence-electron chi connectivity index (χ1n) is 2.19. The molecule has 0 spiro atoms. The van der Waals surface area contributed by atoms with Crippen molar-refractivity contribution in [1.82, 2.24) is 5.32 Å². The molecule has 1 N–H and O–H groups in total. The van der Waals surface area contributed by atoms with Crippen LogP contribution in [0.2, 0.25) is 0 Å². The lowest BCUT2D eigenvalue weighted by molar-refractivity contribution is -0.117. The van der Waals surface area contributed by atoms with Gasteiger partial charge in [-0.25, -0.2) is 0 Å². The number of hydrogen-bond acceptors (Lipinski definition) is 4. The molecule has 0 aromatic heterocycles. The van der Waals surface area contributed by atoms with E-state index < -0.39 is 0 Å². The maximum atomic E-state index is 10.5. The van der Waals surface area contributed by atoms with Gasteiger partial charge in [0.15, 0.2) is 0 Å². The Hall–Kier alpha value is -0.160. The first-order chi connectivity index (χ1) is 4.16. The van der Waals surface area contributed by atoms with E-state index in [4.69, 9.17) is 0 Å². The van der Waals surface area contributed by atoms with Crippen LogP contribution in [0.1, 0.15) is 6.92 Å². The van der Waals surface area contributed by atoms with Crippen molar-refractivity contribution in [1.29, 1.82) is 0 Å². The molecule has 0 aromatic carbocycles. The second kappa shape index (κ2) is 4.69. The van der Waals surface area contributed by atoms with Crippen molar-refractivity contribution >= 4 is 32.7 Å². The number of nitrogens with one attached hydrogen (secondary N) is 1. The van der Waals surface area contributed by atoms with Gasteiger partial charge in [-0.15, -0.1) is 0 Å². The zero-order chi connectivity index (χ0) is 7.28. The topological polar surface area (TPSA) is 46.2 Å². The van der Waals surface area contributed by atoms with Crippen LogP contribution in [0.5, 0.6) is 0 Å². The molecule has 0 unspecified atom stereocenters. The lowest BCUT2D eigenvalue weighted by atomic mass is 10.7. The van der Waals surface area contributed by atoms with E-state index in [0.29, 0.717) is 0 Å². The molecule has 0 aliphatic heterocycles. The summed E-state index contributed by atoms with van der Waals surface area (Å²) >= 11 is 0. The summed E-state index contributed by atoms with van der Waals surface area (Å²) < 4.78 is 0. The van der Waals surface area contributed by atoms with Gasteiger partial charge in [-0.05, 0) is 6.26 Å². The fraction of sp³-hybridized carbons (Fsp3) is 0.500. The van der Waals surface area contributed by atoms with Crippen molar-refractivity contribution in [3.63, 3.8) is 0 Å². The maximum Gasteiger partial charge on any atom is 0.296 e. The SMILES string of the molecule is CSSC(=O)NC(C)=O. The van der Waals surface area contributed by atoms with Crippen molar-refractivity contribution in [2.45, 2.75) is 6.92 Å². The Morgan fingerprint density at radius 3 is 2.33 bits per heavy atom. The minimum absolute atomic E-state index is 0.310. The lowest BCUT2D eigenvalue weighted by Gasteiger charge is -1.94. The molecule has 0 atom stereocenters. The highest BCUT2D eigenvalue weighted by Crippen LogP contribution is 2.16. The number of amides is 2. The quantitative estimate of drug-likeness (QED) is 0.594. The predicted molar refractivity (Wildman–Crippen MR) is 40.3 cm³/mol. The number of imide groups is 1. The number of rotatable bonds is 1. The number of carbonyl (C=O) groups is 2. The van der Waals surface area contributed by atoms with Crippen molar-refractivity contribution < 1.29 is 9.59 Å². The highest BCUT2D eigenvalue weighted by molar-refractivity contribution is 8.81. The summed E-state index contributed by atoms with van der Waals surface area (Å²) in [7, 11) is 2.31. The third-order valence-electron chi connectivity index (χ3n) is 0.437. The summed E-state index contributed by atoms with van der Waals surface area (Å²) in [5.41, 5.74) is 0. The molecule has 9 heavy (non-hydrogen) atoms. The van der Waals surface area contributed by atoms with Gasteiger partial charge in [-0.3, -0.25) is 14.9 Å². The normalized spacial score (nSPS) is 8.67. The van der Waals surface area contributed by atoms with Gasteiger partial charge < -0.3 is 0 Å². The Morgan fingerprint density at radius 2 is 2.00 bits per heavy atom. The molecular formula is C4H7NO2S2. The molecule has 2 amide bonds. The van der Waals surface area contributed by atoms with Gasteiger partial charge >= 0.3 is 0 Å². The summed E-state index contributed by atoms with van der Waals surface area (Å²) in [6.07, 6.45) is 1.77. The molecule has 0 radical (unpaired) electrons. The van der Waals surface area contributed by atoms with Gasteiger partial charge in [0.2, 0.25) is 5.91 Å². The first kappa shape index (κ1) is 8.84.